The van der Waals surface area contributed by atoms with Gasteiger partial charge in [-0.1, -0.05) is 30.3 Å². The van der Waals surface area contributed by atoms with Crippen molar-refractivity contribution in [2.24, 2.45) is 0 Å². The van der Waals surface area contributed by atoms with Gasteiger partial charge in [-0.3, -0.25) is 0 Å². The number of hydrogen-bond acceptors (Lipinski definition) is 6. The molecule has 5 rings (SSSR count). The van der Waals surface area contributed by atoms with Gasteiger partial charge in [0.1, 0.15) is 5.75 Å². The van der Waals surface area contributed by atoms with Crippen LogP contribution < -0.4 is 19.5 Å². The lowest BCUT2D eigenvalue weighted by molar-refractivity contribution is -0.274. The van der Waals surface area contributed by atoms with E-state index in [-0.39, 0.29) is 12.5 Å². The maximum Gasteiger partial charge on any atom is 0.573 e. The highest BCUT2D eigenvalue weighted by Gasteiger charge is 2.31. The van der Waals surface area contributed by atoms with Gasteiger partial charge in [0.05, 0.1) is 0 Å². The van der Waals surface area contributed by atoms with Crippen LogP contribution >= 0.6 is 0 Å². The summed E-state index contributed by atoms with van der Waals surface area (Å²) in [5.74, 6) is 1.89. The van der Waals surface area contributed by atoms with Crippen LogP contribution in [0.2, 0.25) is 0 Å². The van der Waals surface area contributed by atoms with Crippen molar-refractivity contribution < 1.29 is 27.4 Å². The number of alkyl halides is 3. The van der Waals surface area contributed by atoms with E-state index in [0.717, 1.165) is 22.6 Å². The molecule has 2 N–H and O–H groups in total. The van der Waals surface area contributed by atoms with Gasteiger partial charge in [-0.2, -0.15) is 0 Å². The first-order chi connectivity index (χ1) is 15.9. The number of rotatable bonds is 6. The van der Waals surface area contributed by atoms with Gasteiger partial charge in [0, 0.05) is 23.4 Å². The summed E-state index contributed by atoms with van der Waals surface area (Å²) in [6.45, 7) is 0.750. The summed E-state index contributed by atoms with van der Waals surface area (Å²) >= 11 is 0. The minimum atomic E-state index is -4.77. The molecule has 0 saturated carbocycles. The fourth-order valence-electron chi connectivity index (χ4n) is 3.45. The van der Waals surface area contributed by atoms with Crippen LogP contribution in [0, 0.1) is 0 Å². The second-order valence-corrected chi connectivity index (χ2v) is 7.18. The summed E-state index contributed by atoms with van der Waals surface area (Å²) in [5.41, 5.74) is 3.00. The second-order valence-electron chi connectivity index (χ2n) is 7.18. The number of aromatic nitrogens is 3. The summed E-state index contributed by atoms with van der Waals surface area (Å²) < 4.78 is 52.3. The van der Waals surface area contributed by atoms with E-state index < -0.39 is 6.36 Å². The molecule has 4 aromatic rings. The Morgan fingerprint density at radius 1 is 0.909 bits per heavy atom. The van der Waals surface area contributed by atoms with E-state index >= 15 is 0 Å². The molecule has 168 valence electrons. The number of ether oxygens (including phenoxy) is 3. The van der Waals surface area contributed by atoms with Crippen LogP contribution in [0.15, 0.2) is 66.7 Å². The van der Waals surface area contributed by atoms with Crippen LogP contribution in [0.5, 0.6) is 17.2 Å². The molecule has 1 aliphatic rings. The average molecular weight is 454 g/mol. The smallest absolute Gasteiger partial charge is 0.454 e. The molecule has 2 heterocycles. The summed E-state index contributed by atoms with van der Waals surface area (Å²) in [6, 6.07) is 18.8. The highest BCUT2D eigenvalue weighted by Crippen LogP contribution is 2.33. The summed E-state index contributed by atoms with van der Waals surface area (Å²) in [5, 5.41) is 11.7. The topological polar surface area (TPSA) is 81.3 Å². The lowest BCUT2D eigenvalue weighted by Gasteiger charge is -2.11. The van der Waals surface area contributed by atoms with Crippen molar-refractivity contribution in [1.82, 2.24) is 15.2 Å². The number of para-hydroxylation sites is 1. The van der Waals surface area contributed by atoms with Crippen molar-refractivity contribution in [3.05, 3.63) is 72.3 Å². The normalized spacial score (nSPS) is 12.6. The molecule has 0 spiro atoms. The average Bonchev–Trinajstić information content (AvgIpc) is 3.46. The Kier molecular flexibility index (Phi) is 5.25. The quantitative estimate of drug-likeness (QED) is 0.407. The van der Waals surface area contributed by atoms with Gasteiger partial charge >= 0.3 is 6.36 Å². The molecule has 7 nitrogen and oxygen atoms in total. The molecule has 0 bridgehead atoms. The molecule has 0 atom stereocenters. The molecule has 10 heteroatoms. The van der Waals surface area contributed by atoms with Gasteiger partial charge in [0.15, 0.2) is 23.1 Å². The molecule has 0 radical (unpaired) electrons. The molecule has 3 aromatic carbocycles. The number of H-pyrrole nitrogens is 1. The Labute approximate surface area is 186 Å². The Hall–Kier alpha value is -4.21. The molecule has 0 aliphatic carbocycles. The number of benzene rings is 3. The third kappa shape index (κ3) is 4.69. The van der Waals surface area contributed by atoms with Crippen molar-refractivity contribution in [1.29, 1.82) is 0 Å². The van der Waals surface area contributed by atoms with E-state index in [4.69, 9.17) is 9.47 Å². The van der Waals surface area contributed by atoms with Gasteiger partial charge in [-0.25, -0.2) is 0 Å². The van der Waals surface area contributed by atoms with Crippen molar-refractivity contribution >= 4 is 5.69 Å². The SMILES string of the molecule is FC(F)(F)Oc1cccc(-c2nnc(-c3ccccc3NCc3ccc4c(c3)OCO4)[nH]2)c1. The fraction of sp³-hybridized carbons (Fsp3) is 0.130. The number of aromatic amines is 1. The van der Waals surface area contributed by atoms with Crippen LogP contribution in [-0.2, 0) is 6.54 Å². The molecule has 1 aliphatic heterocycles. The maximum atomic E-state index is 12.5. The van der Waals surface area contributed by atoms with E-state index in [9.17, 15) is 13.2 Å². The predicted molar refractivity (Wildman–Crippen MR) is 114 cm³/mol. The van der Waals surface area contributed by atoms with E-state index in [1.165, 1.54) is 18.2 Å². The monoisotopic (exact) mass is 454 g/mol. The first-order valence-corrected chi connectivity index (χ1v) is 9.95. The third-order valence-electron chi connectivity index (χ3n) is 4.93. The van der Waals surface area contributed by atoms with Crippen molar-refractivity contribution in [3.63, 3.8) is 0 Å². The minimum absolute atomic E-state index is 0.216. The zero-order valence-electron chi connectivity index (χ0n) is 17.0. The number of nitrogens with one attached hydrogen (secondary N) is 2. The van der Waals surface area contributed by atoms with E-state index in [0.29, 0.717) is 29.5 Å². The van der Waals surface area contributed by atoms with E-state index in [1.807, 2.05) is 42.5 Å². The number of halogens is 3. The van der Waals surface area contributed by atoms with E-state index in [1.54, 1.807) is 6.07 Å². The van der Waals surface area contributed by atoms with Crippen molar-refractivity contribution in [2.75, 3.05) is 12.1 Å². The lowest BCUT2D eigenvalue weighted by Crippen LogP contribution is -2.17. The maximum absolute atomic E-state index is 12.5. The highest BCUT2D eigenvalue weighted by molar-refractivity contribution is 5.74. The largest absolute Gasteiger partial charge is 0.573 e. The first kappa shape index (κ1) is 20.7. The Bertz CT molecular complexity index is 1290. The standard InChI is InChI=1S/C23H17F3N4O3/c24-23(25,26)33-16-5-3-4-15(11-16)21-28-22(30-29-21)17-6-1-2-7-18(17)27-12-14-8-9-19-20(10-14)32-13-31-19/h1-11,27H,12-13H2,(H,28,29,30). The highest BCUT2D eigenvalue weighted by atomic mass is 19.4. The molecule has 33 heavy (non-hydrogen) atoms. The molecular weight excluding hydrogens is 437 g/mol. The van der Waals surface area contributed by atoms with E-state index in [2.05, 4.69) is 25.2 Å². The second kappa shape index (κ2) is 8.38. The Morgan fingerprint density at radius 2 is 1.73 bits per heavy atom. The zero-order chi connectivity index (χ0) is 22.8. The molecule has 0 fully saturated rings. The minimum Gasteiger partial charge on any atom is -0.454 e. The van der Waals surface area contributed by atoms with Crippen LogP contribution in [-0.4, -0.2) is 28.3 Å². The van der Waals surface area contributed by atoms with Crippen LogP contribution in [0.1, 0.15) is 5.56 Å². The lowest BCUT2D eigenvalue weighted by atomic mass is 10.1. The van der Waals surface area contributed by atoms with Crippen LogP contribution in [0.25, 0.3) is 22.8 Å². The van der Waals surface area contributed by atoms with Crippen molar-refractivity contribution in [3.8, 4) is 40.0 Å². The van der Waals surface area contributed by atoms with Gasteiger partial charge < -0.3 is 24.5 Å². The third-order valence-corrected chi connectivity index (χ3v) is 4.93. The van der Waals surface area contributed by atoms with Crippen molar-refractivity contribution in [2.45, 2.75) is 12.9 Å². The van der Waals surface area contributed by atoms with Crippen LogP contribution in [0.4, 0.5) is 18.9 Å². The number of anilines is 1. The predicted octanol–water partition coefficient (Wildman–Crippen LogP) is 5.38. The Balaban J connectivity index is 1.36. The van der Waals surface area contributed by atoms with Gasteiger partial charge in [-0.15, -0.1) is 23.4 Å². The summed E-state index contributed by atoms with van der Waals surface area (Å²) in [4.78, 5) is 3.07. The molecular formula is C23H17F3N4O3. The number of fused-ring (bicyclic) bond motifs is 1. The Morgan fingerprint density at radius 3 is 2.61 bits per heavy atom. The molecule has 1 aromatic heterocycles. The first-order valence-electron chi connectivity index (χ1n) is 9.95. The van der Waals surface area contributed by atoms with Gasteiger partial charge in [-0.05, 0) is 42.0 Å². The number of nitrogens with zero attached hydrogens (tertiary/aromatic N) is 2. The molecule has 0 amide bonds. The van der Waals surface area contributed by atoms with Gasteiger partial charge in [0.25, 0.3) is 0 Å². The number of hydrogen-bond donors (Lipinski definition) is 2. The van der Waals surface area contributed by atoms with Gasteiger partial charge in [0.2, 0.25) is 6.79 Å². The zero-order valence-corrected chi connectivity index (χ0v) is 17.0. The fourth-order valence-corrected chi connectivity index (χ4v) is 3.45. The molecule has 0 unspecified atom stereocenters. The van der Waals surface area contributed by atoms with Crippen LogP contribution in [0.3, 0.4) is 0 Å². The summed E-state index contributed by atoms with van der Waals surface area (Å²) in [6.07, 6.45) is -4.77. The molecule has 0 saturated heterocycles. The summed E-state index contributed by atoms with van der Waals surface area (Å²) in [7, 11) is 0.